The van der Waals surface area contributed by atoms with Gasteiger partial charge in [0.05, 0.1) is 5.60 Å². The Labute approximate surface area is 99.5 Å². The summed E-state index contributed by atoms with van der Waals surface area (Å²) in [6.07, 6.45) is 0.774. The van der Waals surface area contributed by atoms with Crippen molar-refractivity contribution in [2.45, 2.75) is 24.7 Å². The van der Waals surface area contributed by atoms with E-state index in [0.29, 0.717) is 17.9 Å². The Balaban J connectivity index is 2.51. The highest BCUT2D eigenvalue weighted by Crippen LogP contribution is 2.61. The first-order chi connectivity index (χ1) is 8.00. The molecule has 0 aromatic heterocycles. The van der Waals surface area contributed by atoms with Crippen LogP contribution in [0.2, 0.25) is 0 Å². The van der Waals surface area contributed by atoms with Crippen molar-refractivity contribution in [3.05, 3.63) is 40.8 Å². The third-order valence-corrected chi connectivity index (χ3v) is 6.77. The van der Waals surface area contributed by atoms with E-state index in [1.54, 1.807) is 31.2 Å². The van der Waals surface area contributed by atoms with Crippen molar-refractivity contribution in [3.63, 3.8) is 0 Å². The molecule has 17 heavy (non-hydrogen) atoms. The zero-order valence-electron chi connectivity index (χ0n) is 9.52. The second kappa shape index (κ2) is 4.19. The molecule has 0 radical (unpaired) electrons. The summed E-state index contributed by atoms with van der Waals surface area (Å²) in [6.45, 7) is 1.58. The molecule has 1 N–H and O–H groups in total. The summed E-state index contributed by atoms with van der Waals surface area (Å²) in [5, 5.41) is 14.4. The highest BCUT2D eigenvalue weighted by atomic mass is 31.2. The molecule has 0 bridgehead atoms. The Hall–Kier alpha value is -1.28. The number of aliphatic hydroxyl groups is 1. The molecule has 0 saturated carbocycles. The molecule has 0 spiro atoms. The molecule has 90 valence electrons. The van der Waals surface area contributed by atoms with Crippen LogP contribution >= 0.6 is 7.14 Å². The van der Waals surface area contributed by atoms with Crippen LogP contribution in [-0.4, -0.2) is 22.7 Å². The van der Waals surface area contributed by atoms with Crippen LogP contribution in [-0.2, 0) is 4.57 Å². The third-order valence-electron chi connectivity index (χ3n) is 3.26. The van der Waals surface area contributed by atoms with Crippen LogP contribution in [0, 0.1) is 0 Å². The standard InChI is InChI=1S/C11H14N3O2P/c1-11(15)7-8-17(16,10(11)13-14-12)9-5-3-2-4-6-9/h2-6,10,15H,7-8H2,1H3/t10-,11-,17+/m1/s1. The van der Waals surface area contributed by atoms with Crippen molar-refractivity contribution >= 4 is 12.4 Å². The van der Waals surface area contributed by atoms with Gasteiger partial charge < -0.3 is 9.67 Å². The van der Waals surface area contributed by atoms with Gasteiger partial charge in [-0.3, -0.25) is 0 Å². The minimum atomic E-state index is -2.84. The van der Waals surface area contributed by atoms with Gasteiger partial charge in [0.1, 0.15) is 12.9 Å². The number of azide groups is 1. The summed E-state index contributed by atoms with van der Waals surface area (Å²) < 4.78 is 12.9. The van der Waals surface area contributed by atoms with Crippen molar-refractivity contribution in [2.24, 2.45) is 5.11 Å². The second-order valence-corrected chi connectivity index (χ2v) is 7.58. The van der Waals surface area contributed by atoms with Gasteiger partial charge in [0.2, 0.25) is 0 Å². The molecule has 1 aliphatic rings. The maximum absolute atomic E-state index is 12.9. The number of benzene rings is 1. The zero-order valence-corrected chi connectivity index (χ0v) is 10.4. The largest absolute Gasteiger partial charge is 0.389 e. The van der Waals surface area contributed by atoms with Crippen LogP contribution < -0.4 is 5.30 Å². The van der Waals surface area contributed by atoms with Gasteiger partial charge in [0.25, 0.3) is 0 Å². The average molecular weight is 251 g/mol. The van der Waals surface area contributed by atoms with Gasteiger partial charge in [0.15, 0.2) is 0 Å². The van der Waals surface area contributed by atoms with Crippen LogP contribution in [0.4, 0.5) is 0 Å². The molecule has 3 atom stereocenters. The number of hydrogen-bond acceptors (Lipinski definition) is 3. The lowest BCUT2D eigenvalue weighted by Gasteiger charge is -2.25. The van der Waals surface area contributed by atoms with Crippen LogP contribution in [0.25, 0.3) is 10.4 Å². The first kappa shape index (κ1) is 12.2. The minimum Gasteiger partial charge on any atom is -0.389 e. The first-order valence-corrected chi connectivity index (χ1v) is 7.38. The molecule has 0 unspecified atom stereocenters. The lowest BCUT2D eigenvalue weighted by molar-refractivity contribution is 0.0623. The van der Waals surface area contributed by atoms with Crippen LogP contribution in [0.3, 0.4) is 0 Å². The topological polar surface area (TPSA) is 86.1 Å². The Morgan fingerprint density at radius 3 is 2.76 bits per heavy atom. The molecule has 0 amide bonds. The highest BCUT2D eigenvalue weighted by Gasteiger charge is 2.51. The van der Waals surface area contributed by atoms with E-state index in [1.165, 1.54) is 0 Å². The fraction of sp³-hybridized carbons (Fsp3) is 0.455. The van der Waals surface area contributed by atoms with E-state index in [0.717, 1.165) is 0 Å². The van der Waals surface area contributed by atoms with E-state index < -0.39 is 18.5 Å². The average Bonchev–Trinajstić information content (AvgIpc) is 2.56. The van der Waals surface area contributed by atoms with Gasteiger partial charge in [-0.15, -0.1) is 0 Å². The number of nitrogens with zero attached hydrogens (tertiary/aromatic N) is 3. The molecule has 6 heteroatoms. The maximum Gasteiger partial charge on any atom is 0.127 e. The van der Waals surface area contributed by atoms with E-state index in [9.17, 15) is 9.67 Å². The van der Waals surface area contributed by atoms with Crippen molar-refractivity contribution in [3.8, 4) is 0 Å². The molecule has 1 aromatic rings. The van der Waals surface area contributed by atoms with Crippen LogP contribution in [0.15, 0.2) is 35.4 Å². The third kappa shape index (κ3) is 1.98. The summed E-state index contributed by atoms with van der Waals surface area (Å²) in [7, 11) is -2.84. The zero-order chi connectivity index (χ0) is 12.5. The molecule has 1 heterocycles. The van der Waals surface area contributed by atoms with Gasteiger partial charge in [-0.1, -0.05) is 35.4 Å². The summed E-state index contributed by atoms with van der Waals surface area (Å²) in [5.74, 6) is -0.859. The van der Waals surface area contributed by atoms with Crippen molar-refractivity contribution in [2.75, 3.05) is 6.16 Å². The Morgan fingerprint density at radius 2 is 2.18 bits per heavy atom. The summed E-state index contributed by atoms with van der Waals surface area (Å²) in [5.41, 5.74) is 7.38. The van der Waals surface area contributed by atoms with Crippen molar-refractivity contribution < 1.29 is 9.67 Å². The van der Waals surface area contributed by atoms with Gasteiger partial charge in [0, 0.05) is 16.4 Å². The van der Waals surface area contributed by atoms with Crippen molar-refractivity contribution in [1.29, 1.82) is 0 Å². The highest BCUT2D eigenvalue weighted by molar-refractivity contribution is 7.72. The number of rotatable bonds is 2. The fourth-order valence-electron chi connectivity index (χ4n) is 2.30. The minimum absolute atomic E-state index is 0.383. The van der Waals surface area contributed by atoms with E-state index in [2.05, 4.69) is 10.0 Å². The lowest BCUT2D eigenvalue weighted by atomic mass is 10.1. The van der Waals surface area contributed by atoms with Gasteiger partial charge in [-0.2, -0.15) is 0 Å². The summed E-state index contributed by atoms with van der Waals surface area (Å²) in [6, 6.07) is 8.97. The second-order valence-electron chi connectivity index (χ2n) is 4.54. The van der Waals surface area contributed by atoms with Crippen LogP contribution in [0.1, 0.15) is 13.3 Å². The first-order valence-electron chi connectivity index (χ1n) is 5.42. The summed E-state index contributed by atoms with van der Waals surface area (Å²) in [4.78, 5) is 2.73. The van der Waals surface area contributed by atoms with Gasteiger partial charge >= 0.3 is 0 Å². The molecule has 1 fully saturated rings. The SMILES string of the molecule is C[C@@]1(O)CC[P@](=O)(c2ccccc2)[C@H]1N=[N+]=[N-]. The normalized spacial score (nSPS) is 36.5. The van der Waals surface area contributed by atoms with Gasteiger partial charge in [-0.05, 0) is 18.9 Å². The van der Waals surface area contributed by atoms with E-state index in [-0.39, 0.29) is 0 Å². The monoisotopic (exact) mass is 251 g/mol. The molecule has 5 nitrogen and oxygen atoms in total. The molecule has 2 rings (SSSR count). The number of hydrogen-bond donors (Lipinski definition) is 1. The maximum atomic E-state index is 12.9. The Kier molecular flexibility index (Phi) is 3.00. The fourth-order valence-corrected chi connectivity index (χ4v) is 5.79. The van der Waals surface area contributed by atoms with E-state index in [4.69, 9.17) is 5.53 Å². The molecule has 1 saturated heterocycles. The molecule has 1 aromatic carbocycles. The predicted molar refractivity (Wildman–Crippen MR) is 66.7 cm³/mol. The molecule has 1 aliphatic heterocycles. The molecule has 0 aliphatic carbocycles. The summed E-state index contributed by atoms with van der Waals surface area (Å²) >= 11 is 0. The quantitative estimate of drug-likeness (QED) is 0.379. The van der Waals surface area contributed by atoms with Crippen LogP contribution in [0.5, 0.6) is 0 Å². The van der Waals surface area contributed by atoms with Crippen molar-refractivity contribution in [1.82, 2.24) is 0 Å². The van der Waals surface area contributed by atoms with Gasteiger partial charge in [-0.25, -0.2) is 0 Å². The van der Waals surface area contributed by atoms with E-state index >= 15 is 0 Å². The lowest BCUT2D eigenvalue weighted by Crippen LogP contribution is -2.33. The Morgan fingerprint density at radius 1 is 1.53 bits per heavy atom. The van der Waals surface area contributed by atoms with E-state index in [1.807, 2.05) is 6.07 Å². The molecular formula is C11H14N3O2P. The molecular weight excluding hydrogens is 237 g/mol. The Bertz CT molecular complexity index is 509. The smallest absolute Gasteiger partial charge is 0.127 e. The predicted octanol–water partition coefficient (Wildman–Crippen LogP) is 2.47.